The SMILES string of the molecule is C=CCNC(=NCc1ccc(OCC(F)(F)F)nc1)NCC.I. The van der Waals surface area contributed by atoms with Gasteiger partial charge in [-0.3, -0.25) is 0 Å². The van der Waals surface area contributed by atoms with Gasteiger partial charge in [0.1, 0.15) is 0 Å². The summed E-state index contributed by atoms with van der Waals surface area (Å²) in [5.41, 5.74) is 0.759. The molecule has 23 heavy (non-hydrogen) atoms. The van der Waals surface area contributed by atoms with Crippen molar-refractivity contribution in [3.63, 3.8) is 0 Å². The average molecular weight is 444 g/mol. The second-order valence-electron chi connectivity index (χ2n) is 4.27. The summed E-state index contributed by atoms with van der Waals surface area (Å²) < 4.78 is 40.6. The number of guanidine groups is 1. The fraction of sp³-hybridized carbons (Fsp3) is 0.429. The van der Waals surface area contributed by atoms with Crippen LogP contribution in [0.3, 0.4) is 0 Å². The Kier molecular flexibility index (Phi) is 10.4. The molecule has 9 heteroatoms. The summed E-state index contributed by atoms with van der Waals surface area (Å²) in [6, 6.07) is 3.01. The molecule has 0 saturated carbocycles. The van der Waals surface area contributed by atoms with Crippen LogP contribution < -0.4 is 15.4 Å². The van der Waals surface area contributed by atoms with Gasteiger partial charge in [0.15, 0.2) is 12.6 Å². The number of pyridine rings is 1. The summed E-state index contributed by atoms with van der Waals surface area (Å²) >= 11 is 0. The maximum absolute atomic E-state index is 12.0. The van der Waals surface area contributed by atoms with Crippen molar-refractivity contribution in [2.24, 2.45) is 4.99 Å². The molecule has 2 N–H and O–H groups in total. The quantitative estimate of drug-likeness (QED) is 0.294. The number of hydrogen-bond donors (Lipinski definition) is 2. The molecule has 0 aliphatic rings. The van der Waals surface area contributed by atoms with Crippen LogP contribution in [-0.4, -0.2) is 36.8 Å². The van der Waals surface area contributed by atoms with E-state index in [1.54, 1.807) is 12.1 Å². The number of ether oxygens (including phenoxy) is 1. The second kappa shape index (κ2) is 11.1. The van der Waals surface area contributed by atoms with Crippen LogP contribution in [0.15, 0.2) is 36.0 Å². The number of rotatable bonds is 7. The van der Waals surface area contributed by atoms with E-state index in [0.717, 1.165) is 5.56 Å². The Morgan fingerprint density at radius 2 is 2.13 bits per heavy atom. The Bertz CT molecular complexity index is 492. The smallest absolute Gasteiger partial charge is 0.422 e. The predicted octanol–water partition coefficient (Wildman–Crippen LogP) is 2.88. The third-order valence-corrected chi connectivity index (χ3v) is 2.36. The van der Waals surface area contributed by atoms with Gasteiger partial charge in [-0.1, -0.05) is 12.1 Å². The highest BCUT2D eigenvalue weighted by molar-refractivity contribution is 14.0. The molecule has 1 aromatic heterocycles. The zero-order chi connectivity index (χ0) is 16.4. The Hall–Kier alpha value is -1.52. The van der Waals surface area contributed by atoms with E-state index in [4.69, 9.17) is 0 Å². The molecule has 0 fully saturated rings. The van der Waals surface area contributed by atoms with Gasteiger partial charge in [0.05, 0.1) is 6.54 Å². The van der Waals surface area contributed by atoms with Crippen molar-refractivity contribution in [2.45, 2.75) is 19.6 Å². The van der Waals surface area contributed by atoms with E-state index in [2.05, 4.69) is 31.9 Å². The van der Waals surface area contributed by atoms with Crippen molar-refractivity contribution < 1.29 is 17.9 Å². The summed E-state index contributed by atoms with van der Waals surface area (Å²) in [4.78, 5) is 8.14. The molecular weight excluding hydrogens is 424 g/mol. The van der Waals surface area contributed by atoms with Crippen LogP contribution in [0.25, 0.3) is 0 Å². The number of aliphatic imine (C=N–C) groups is 1. The molecule has 0 aliphatic carbocycles. The highest BCUT2D eigenvalue weighted by atomic mass is 127. The lowest BCUT2D eigenvalue weighted by atomic mass is 10.3. The summed E-state index contributed by atoms with van der Waals surface area (Å²) in [5, 5.41) is 6.10. The van der Waals surface area contributed by atoms with Crippen LogP contribution in [0.4, 0.5) is 13.2 Å². The first kappa shape index (κ1) is 21.5. The minimum Gasteiger partial charge on any atom is -0.468 e. The number of aromatic nitrogens is 1. The molecule has 0 unspecified atom stereocenters. The Morgan fingerprint density at radius 3 is 2.65 bits per heavy atom. The Labute approximate surface area is 150 Å². The standard InChI is InChI=1S/C14H19F3N4O.HI/c1-3-7-19-13(18-4-2)21-9-11-5-6-12(20-8-11)22-10-14(15,16)17;/h3,5-6,8H,1,4,7,9-10H2,2H3,(H2,18,19,21);1H. The van der Waals surface area contributed by atoms with E-state index in [1.165, 1.54) is 12.3 Å². The third kappa shape index (κ3) is 9.97. The molecule has 0 aromatic carbocycles. The molecule has 0 atom stereocenters. The minimum absolute atomic E-state index is 0. The summed E-state index contributed by atoms with van der Waals surface area (Å²) in [7, 11) is 0. The highest BCUT2D eigenvalue weighted by Crippen LogP contribution is 2.17. The van der Waals surface area contributed by atoms with Gasteiger partial charge in [-0.25, -0.2) is 9.98 Å². The van der Waals surface area contributed by atoms with Crippen molar-refractivity contribution in [1.82, 2.24) is 15.6 Å². The first-order valence-electron chi connectivity index (χ1n) is 6.72. The van der Waals surface area contributed by atoms with E-state index in [1.807, 2.05) is 6.92 Å². The second-order valence-corrected chi connectivity index (χ2v) is 4.27. The molecule has 5 nitrogen and oxygen atoms in total. The molecule has 130 valence electrons. The summed E-state index contributed by atoms with van der Waals surface area (Å²) in [5.74, 6) is 0.557. The Balaban J connectivity index is 0.00000484. The molecule has 0 spiro atoms. The minimum atomic E-state index is -4.37. The zero-order valence-corrected chi connectivity index (χ0v) is 15.0. The first-order chi connectivity index (χ1) is 10.4. The van der Waals surface area contributed by atoms with Crippen molar-refractivity contribution in [2.75, 3.05) is 19.7 Å². The average Bonchev–Trinajstić information content (AvgIpc) is 2.48. The van der Waals surface area contributed by atoms with Crippen LogP contribution in [0.2, 0.25) is 0 Å². The van der Waals surface area contributed by atoms with Crippen LogP contribution in [0.5, 0.6) is 5.88 Å². The topological polar surface area (TPSA) is 58.5 Å². The van der Waals surface area contributed by atoms with Crippen LogP contribution in [0, 0.1) is 0 Å². The molecule has 0 bridgehead atoms. The van der Waals surface area contributed by atoms with Gasteiger partial charge in [0.2, 0.25) is 5.88 Å². The van der Waals surface area contributed by atoms with E-state index in [-0.39, 0.29) is 29.9 Å². The van der Waals surface area contributed by atoms with Crippen molar-refractivity contribution in [3.8, 4) is 5.88 Å². The molecule has 1 heterocycles. The van der Waals surface area contributed by atoms with Gasteiger partial charge in [0, 0.05) is 25.4 Å². The number of nitrogens with one attached hydrogen (secondary N) is 2. The van der Waals surface area contributed by atoms with E-state index in [9.17, 15) is 13.2 Å². The Morgan fingerprint density at radius 1 is 1.39 bits per heavy atom. The van der Waals surface area contributed by atoms with E-state index in [0.29, 0.717) is 25.6 Å². The number of nitrogens with zero attached hydrogens (tertiary/aromatic N) is 2. The molecule has 0 saturated heterocycles. The van der Waals surface area contributed by atoms with E-state index >= 15 is 0 Å². The lowest BCUT2D eigenvalue weighted by Crippen LogP contribution is -2.37. The number of alkyl halides is 3. The van der Waals surface area contributed by atoms with Gasteiger partial charge < -0.3 is 15.4 Å². The van der Waals surface area contributed by atoms with Crippen molar-refractivity contribution in [3.05, 3.63) is 36.5 Å². The van der Waals surface area contributed by atoms with E-state index < -0.39 is 12.8 Å². The largest absolute Gasteiger partial charge is 0.468 e. The van der Waals surface area contributed by atoms with Crippen LogP contribution >= 0.6 is 24.0 Å². The molecule has 1 aromatic rings. The third-order valence-electron chi connectivity index (χ3n) is 2.36. The maximum atomic E-state index is 12.0. The van der Waals surface area contributed by atoms with Crippen LogP contribution in [-0.2, 0) is 6.54 Å². The fourth-order valence-corrected chi connectivity index (χ4v) is 1.43. The van der Waals surface area contributed by atoms with Crippen LogP contribution in [0.1, 0.15) is 12.5 Å². The number of hydrogen-bond acceptors (Lipinski definition) is 3. The molecule has 1 rings (SSSR count). The van der Waals surface area contributed by atoms with Gasteiger partial charge >= 0.3 is 6.18 Å². The van der Waals surface area contributed by atoms with Gasteiger partial charge in [-0.15, -0.1) is 30.6 Å². The van der Waals surface area contributed by atoms with Crippen molar-refractivity contribution in [1.29, 1.82) is 0 Å². The van der Waals surface area contributed by atoms with Gasteiger partial charge in [-0.2, -0.15) is 13.2 Å². The monoisotopic (exact) mass is 444 g/mol. The van der Waals surface area contributed by atoms with Gasteiger partial charge in [0.25, 0.3) is 0 Å². The summed E-state index contributed by atoms with van der Waals surface area (Å²) in [6.07, 6.45) is -1.23. The summed E-state index contributed by atoms with van der Waals surface area (Å²) in [6.45, 7) is 5.83. The highest BCUT2D eigenvalue weighted by Gasteiger charge is 2.28. The van der Waals surface area contributed by atoms with Crippen molar-refractivity contribution >= 4 is 29.9 Å². The predicted molar refractivity (Wildman–Crippen MR) is 94.2 cm³/mol. The molecule has 0 radical (unpaired) electrons. The normalized spacial score (nSPS) is 11.4. The first-order valence-corrected chi connectivity index (χ1v) is 6.72. The molecular formula is C14H20F3IN4O. The fourth-order valence-electron chi connectivity index (χ4n) is 1.43. The maximum Gasteiger partial charge on any atom is 0.422 e. The lowest BCUT2D eigenvalue weighted by Gasteiger charge is -2.10. The van der Waals surface area contributed by atoms with Gasteiger partial charge in [-0.05, 0) is 12.5 Å². The zero-order valence-electron chi connectivity index (χ0n) is 12.7. The molecule has 0 amide bonds. The number of halogens is 4. The lowest BCUT2D eigenvalue weighted by molar-refractivity contribution is -0.154. The molecule has 0 aliphatic heterocycles.